The molecule has 1 heterocycles. The van der Waals surface area contributed by atoms with Gasteiger partial charge in [-0.05, 0) is 12.5 Å². The molecule has 0 aliphatic heterocycles. The van der Waals surface area contributed by atoms with Crippen molar-refractivity contribution in [2.24, 2.45) is 5.73 Å². The number of rotatable bonds is 3. The number of alkyl halides is 5. The molecule has 0 atom stereocenters. The van der Waals surface area contributed by atoms with Gasteiger partial charge < -0.3 is 10.5 Å². The molecule has 1 rings (SSSR count). The smallest absolute Gasteiger partial charge is 0.388 e. The Morgan fingerprint density at radius 2 is 2.00 bits per heavy atom. The maximum Gasteiger partial charge on any atom is 0.574 e. The van der Waals surface area contributed by atoms with Crippen LogP contribution in [0, 0.1) is 6.92 Å². The molecule has 0 amide bonds. The fraction of sp³-hybridized carbons (Fsp3) is 0.444. The van der Waals surface area contributed by atoms with E-state index in [1.54, 1.807) is 0 Å². The molecule has 1 aromatic rings. The number of hydrogen-bond acceptors (Lipinski definition) is 3. The summed E-state index contributed by atoms with van der Waals surface area (Å²) in [5.41, 5.74) is 4.35. The van der Waals surface area contributed by atoms with Crippen molar-refractivity contribution in [3.8, 4) is 5.88 Å². The van der Waals surface area contributed by atoms with Gasteiger partial charge in [-0.15, -0.1) is 13.2 Å². The molecule has 0 bridgehead atoms. The molecule has 0 aliphatic rings. The van der Waals surface area contributed by atoms with Gasteiger partial charge in [0.15, 0.2) is 0 Å². The Bertz CT molecular complexity index is 405. The molecule has 0 saturated heterocycles. The number of pyridine rings is 1. The van der Waals surface area contributed by atoms with E-state index in [2.05, 4.69) is 9.72 Å². The maximum atomic E-state index is 12.6. The lowest BCUT2D eigenvalue weighted by molar-refractivity contribution is -0.276. The molecular weight excluding hydrogens is 247 g/mol. The fourth-order valence-corrected chi connectivity index (χ4v) is 1.34. The van der Waals surface area contributed by atoms with Crippen LogP contribution in [0.1, 0.15) is 23.2 Å². The van der Waals surface area contributed by atoms with Crippen LogP contribution in [-0.2, 0) is 6.54 Å². The van der Waals surface area contributed by atoms with Crippen LogP contribution in [0.25, 0.3) is 0 Å². The summed E-state index contributed by atoms with van der Waals surface area (Å²) in [6.07, 6.45) is -7.77. The van der Waals surface area contributed by atoms with Gasteiger partial charge in [0.1, 0.15) is 0 Å². The van der Waals surface area contributed by atoms with Crippen molar-refractivity contribution in [2.45, 2.75) is 26.3 Å². The molecular formula is C9H9F5N2O. The quantitative estimate of drug-likeness (QED) is 0.846. The first-order chi connectivity index (χ1) is 7.74. The minimum atomic E-state index is -4.92. The van der Waals surface area contributed by atoms with Gasteiger partial charge in [-0.1, -0.05) is 0 Å². The molecule has 0 spiro atoms. The van der Waals surface area contributed by atoms with Crippen LogP contribution in [0.2, 0.25) is 0 Å². The lowest BCUT2D eigenvalue weighted by atomic mass is 10.1. The average Bonchev–Trinajstić information content (AvgIpc) is 2.12. The zero-order chi connectivity index (χ0) is 13.2. The Labute approximate surface area is 93.4 Å². The highest BCUT2D eigenvalue weighted by atomic mass is 19.4. The second-order valence-electron chi connectivity index (χ2n) is 3.19. The standard InChI is InChI=1S/C9H9F5N2O/c1-4-2-6(17-9(12,13)14)16-5(3-15)7(4)8(10)11/h2,8H,3,15H2,1H3. The van der Waals surface area contributed by atoms with Gasteiger partial charge in [-0.25, -0.2) is 13.8 Å². The Morgan fingerprint density at radius 3 is 2.41 bits per heavy atom. The number of halogens is 5. The number of ether oxygens (including phenoxy) is 1. The van der Waals surface area contributed by atoms with E-state index in [0.717, 1.165) is 6.07 Å². The summed E-state index contributed by atoms with van der Waals surface area (Å²) >= 11 is 0. The van der Waals surface area contributed by atoms with Gasteiger partial charge >= 0.3 is 6.36 Å². The highest BCUT2D eigenvalue weighted by Crippen LogP contribution is 2.29. The Balaban J connectivity index is 3.18. The number of nitrogens with two attached hydrogens (primary N) is 1. The van der Waals surface area contributed by atoms with E-state index < -0.39 is 30.8 Å². The zero-order valence-corrected chi connectivity index (χ0v) is 8.68. The van der Waals surface area contributed by atoms with E-state index in [9.17, 15) is 22.0 Å². The molecule has 2 N–H and O–H groups in total. The van der Waals surface area contributed by atoms with E-state index in [-0.39, 0.29) is 11.3 Å². The Morgan fingerprint density at radius 1 is 1.41 bits per heavy atom. The minimum Gasteiger partial charge on any atom is -0.388 e. The van der Waals surface area contributed by atoms with Crippen LogP contribution in [0.4, 0.5) is 22.0 Å². The topological polar surface area (TPSA) is 48.1 Å². The second-order valence-corrected chi connectivity index (χ2v) is 3.19. The molecule has 0 aromatic carbocycles. The fourth-order valence-electron chi connectivity index (χ4n) is 1.34. The first kappa shape index (κ1) is 13.6. The van der Waals surface area contributed by atoms with E-state index in [1.165, 1.54) is 6.92 Å². The summed E-state index contributed by atoms with van der Waals surface area (Å²) < 4.78 is 64.5. The molecule has 96 valence electrons. The lowest BCUT2D eigenvalue weighted by Gasteiger charge is -2.13. The summed E-state index contributed by atoms with van der Waals surface area (Å²) in [4.78, 5) is 3.31. The Hall–Kier alpha value is -1.44. The first-order valence-electron chi connectivity index (χ1n) is 4.49. The van der Waals surface area contributed by atoms with Crippen molar-refractivity contribution < 1.29 is 26.7 Å². The van der Waals surface area contributed by atoms with E-state index in [4.69, 9.17) is 5.73 Å². The van der Waals surface area contributed by atoms with E-state index in [1.807, 2.05) is 0 Å². The van der Waals surface area contributed by atoms with Crippen molar-refractivity contribution in [3.63, 3.8) is 0 Å². The van der Waals surface area contributed by atoms with Crippen LogP contribution in [0.15, 0.2) is 6.07 Å². The van der Waals surface area contributed by atoms with Crippen LogP contribution >= 0.6 is 0 Å². The second kappa shape index (κ2) is 4.82. The van der Waals surface area contributed by atoms with Crippen molar-refractivity contribution in [1.82, 2.24) is 4.98 Å². The molecule has 0 saturated carbocycles. The van der Waals surface area contributed by atoms with Gasteiger partial charge in [-0.3, -0.25) is 0 Å². The molecule has 0 fully saturated rings. The van der Waals surface area contributed by atoms with Gasteiger partial charge in [-0.2, -0.15) is 0 Å². The highest BCUT2D eigenvalue weighted by molar-refractivity contribution is 5.35. The van der Waals surface area contributed by atoms with E-state index in [0.29, 0.717) is 0 Å². The van der Waals surface area contributed by atoms with Gasteiger partial charge in [0.25, 0.3) is 6.43 Å². The largest absolute Gasteiger partial charge is 0.574 e. The maximum absolute atomic E-state index is 12.6. The summed E-state index contributed by atoms with van der Waals surface area (Å²) in [7, 11) is 0. The minimum absolute atomic E-state index is 0.0466. The number of aromatic nitrogens is 1. The first-order valence-corrected chi connectivity index (χ1v) is 4.49. The SMILES string of the molecule is Cc1cc(OC(F)(F)F)nc(CN)c1C(F)F. The Kier molecular flexibility index (Phi) is 3.87. The predicted molar refractivity (Wildman–Crippen MR) is 48.5 cm³/mol. The summed E-state index contributed by atoms with van der Waals surface area (Å²) in [5.74, 6) is -0.792. The van der Waals surface area contributed by atoms with Crippen LogP contribution in [0.5, 0.6) is 5.88 Å². The molecule has 17 heavy (non-hydrogen) atoms. The molecule has 0 aliphatic carbocycles. The third kappa shape index (κ3) is 3.52. The van der Waals surface area contributed by atoms with Crippen molar-refractivity contribution in [3.05, 3.63) is 22.9 Å². The summed E-state index contributed by atoms with van der Waals surface area (Å²) in [5, 5.41) is 0. The highest BCUT2D eigenvalue weighted by Gasteiger charge is 2.32. The molecule has 0 radical (unpaired) electrons. The van der Waals surface area contributed by atoms with Crippen LogP contribution in [-0.4, -0.2) is 11.3 Å². The number of aryl methyl sites for hydroxylation is 1. The van der Waals surface area contributed by atoms with Gasteiger partial charge in [0, 0.05) is 18.2 Å². The van der Waals surface area contributed by atoms with Gasteiger partial charge in [0.2, 0.25) is 5.88 Å². The van der Waals surface area contributed by atoms with Gasteiger partial charge in [0.05, 0.1) is 5.69 Å². The molecule has 1 aromatic heterocycles. The third-order valence-electron chi connectivity index (χ3n) is 1.95. The van der Waals surface area contributed by atoms with Crippen molar-refractivity contribution >= 4 is 0 Å². The molecule has 3 nitrogen and oxygen atoms in total. The molecule has 0 unspecified atom stereocenters. The lowest BCUT2D eigenvalue weighted by Crippen LogP contribution is -2.19. The summed E-state index contributed by atoms with van der Waals surface area (Å²) in [6, 6.07) is 0.800. The molecule has 8 heteroatoms. The zero-order valence-electron chi connectivity index (χ0n) is 8.68. The monoisotopic (exact) mass is 256 g/mol. The normalized spacial score (nSPS) is 12.0. The van der Waals surface area contributed by atoms with Crippen molar-refractivity contribution in [2.75, 3.05) is 0 Å². The predicted octanol–water partition coefficient (Wildman–Crippen LogP) is 2.68. The summed E-state index contributed by atoms with van der Waals surface area (Å²) in [6.45, 7) is 0.848. The van der Waals surface area contributed by atoms with Crippen molar-refractivity contribution in [1.29, 1.82) is 0 Å². The number of nitrogens with zero attached hydrogens (tertiary/aromatic N) is 1. The third-order valence-corrected chi connectivity index (χ3v) is 1.95. The number of hydrogen-bond donors (Lipinski definition) is 1. The average molecular weight is 256 g/mol. The van der Waals surface area contributed by atoms with E-state index >= 15 is 0 Å². The van der Waals surface area contributed by atoms with Crippen LogP contribution in [0.3, 0.4) is 0 Å². The van der Waals surface area contributed by atoms with Crippen LogP contribution < -0.4 is 10.5 Å².